The number of benzene rings is 1. The van der Waals surface area contributed by atoms with E-state index in [1.807, 2.05) is 0 Å². The third kappa shape index (κ3) is 1.44. The van der Waals surface area contributed by atoms with Crippen LogP contribution >= 0.6 is 0 Å². The molecule has 0 aromatic heterocycles. The zero-order valence-electron chi connectivity index (χ0n) is 10.0. The minimum absolute atomic E-state index is 0.0362. The molecule has 1 aromatic rings. The Labute approximate surface area is 107 Å². The van der Waals surface area contributed by atoms with Gasteiger partial charge >= 0.3 is 0 Å². The van der Waals surface area contributed by atoms with E-state index in [-0.39, 0.29) is 11.3 Å². The highest BCUT2D eigenvalue weighted by molar-refractivity contribution is 6.52. The molecule has 7 heteroatoms. The average molecular weight is 266 g/mol. The van der Waals surface area contributed by atoms with Crippen molar-refractivity contribution >= 4 is 17.3 Å². The highest BCUT2D eigenvalue weighted by Crippen LogP contribution is 2.47. The van der Waals surface area contributed by atoms with Gasteiger partial charge in [-0.25, -0.2) is 0 Å². The fourth-order valence-electron chi connectivity index (χ4n) is 1.97. The number of allylic oxidation sites excluding steroid dienone is 1. The number of rotatable bonds is 1. The summed E-state index contributed by atoms with van der Waals surface area (Å²) in [7, 11) is 1.21. The standard InChI is InChI=1S/C12H10O7/c1-3-6(13)4-5(9(16)12(3)19-2)8(15)11(18)10(17)7(4)14/h13,15-16,18H,1-2H3. The minimum Gasteiger partial charge on any atom is -0.507 e. The van der Waals surface area contributed by atoms with E-state index in [9.17, 15) is 30.0 Å². The van der Waals surface area contributed by atoms with Crippen LogP contribution < -0.4 is 4.74 Å². The normalized spacial score (nSPS) is 14.6. The number of aliphatic hydroxyl groups excluding tert-OH is 2. The second-order valence-electron chi connectivity index (χ2n) is 3.96. The van der Waals surface area contributed by atoms with E-state index in [0.717, 1.165) is 0 Å². The Hall–Kier alpha value is -2.70. The van der Waals surface area contributed by atoms with Crippen LogP contribution in [0.5, 0.6) is 17.2 Å². The SMILES string of the molecule is COc1c(C)c(O)c2c(c1O)C(O)=C(O)C(=O)C2=O. The first-order valence-electron chi connectivity index (χ1n) is 5.17. The van der Waals surface area contributed by atoms with Gasteiger partial charge in [-0.15, -0.1) is 0 Å². The van der Waals surface area contributed by atoms with Gasteiger partial charge in [0, 0.05) is 5.56 Å². The summed E-state index contributed by atoms with van der Waals surface area (Å²) in [6, 6.07) is 0. The van der Waals surface area contributed by atoms with Gasteiger partial charge in [0.15, 0.2) is 17.3 Å². The molecular formula is C12H10O7. The number of hydrogen-bond donors (Lipinski definition) is 4. The van der Waals surface area contributed by atoms with Gasteiger partial charge in [0.1, 0.15) is 5.75 Å². The quantitative estimate of drug-likeness (QED) is 0.440. The number of ketones is 2. The minimum atomic E-state index is -1.36. The Bertz CT molecular complexity index is 655. The molecule has 7 nitrogen and oxygen atoms in total. The van der Waals surface area contributed by atoms with Crippen LogP contribution in [-0.4, -0.2) is 39.1 Å². The second kappa shape index (κ2) is 3.91. The van der Waals surface area contributed by atoms with Crippen molar-refractivity contribution in [3.05, 3.63) is 22.4 Å². The van der Waals surface area contributed by atoms with Crippen LogP contribution in [0.3, 0.4) is 0 Å². The van der Waals surface area contributed by atoms with Gasteiger partial charge in [0.25, 0.3) is 5.78 Å². The number of aromatic hydroxyl groups is 2. The Morgan fingerprint density at radius 3 is 1.95 bits per heavy atom. The van der Waals surface area contributed by atoms with Crippen LogP contribution in [0.25, 0.3) is 5.76 Å². The largest absolute Gasteiger partial charge is 0.507 e. The topological polar surface area (TPSA) is 124 Å². The van der Waals surface area contributed by atoms with E-state index in [4.69, 9.17) is 4.74 Å². The molecule has 0 heterocycles. The Morgan fingerprint density at radius 1 is 0.842 bits per heavy atom. The lowest BCUT2D eigenvalue weighted by atomic mass is 9.89. The maximum Gasteiger partial charge on any atom is 0.271 e. The third-order valence-electron chi connectivity index (χ3n) is 2.95. The molecule has 1 aliphatic carbocycles. The van der Waals surface area contributed by atoms with Crippen molar-refractivity contribution in [2.75, 3.05) is 7.11 Å². The zero-order chi connectivity index (χ0) is 14.5. The van der Waals surface area contributed by atoms with Crippen molar-refractivity contribution in [2.24, 2.45) is 0 Å². The summed E-state index contributed by atoms with van der Waals surface area (Å²) in [5.41, 5.74) is -1.05. The van der Waals surface area contributed by atoms with Crippen molar-refractivity contribution in [1.82, 2.24) is 0 Å². The first-order chi connectivity index (χ1) is 8.82. The van der Waals surface area contributed by atoms with Crippen LogP contribution in [0.15, 0.2) is 5.76 Å². The number of Topliss-reactive ketones (excluding diaryl/α,β-unsaturated/α-hetero) is 2. The lowest BCUT2D eigenvalue weighted by molar-refractivity contribution is -0.114. The fourth-order valence-corrected chi connectivity index (χ4v) is 1.97. The molecule has 2 rings (SSSR count). The van der Waals surface area contributed by atoms with Crippen LogP contribution in [0, 0.1) is 6.92 Å². The zero-order valence-corrected chi connectivity index (χ0v) is 10.0. The molecule has 0 radical (unpaired) electrons. The van der Waals surface area contributed by atoms with Gasteiger partial charge in [-0.3, -0.25) is 9.59 Å². The summed E-state index contributed by atoms with van der Waals surface area (Å²) in [4.78, 5) is 23.1. The molecule has 0 spiro atoms. The molecule has 0 fully saturated rings. The van der Waals surface area contributed by atoms with E-state index >= 15 is 0 Å². The number of ether oxygens (including phenoxy) is 1. The lowest BCUT2D eigenvalue weighted by Gasteiger charge is -2.20. The Morgan fingerprint density at radius 2 is 1.42 bits per heavy atom. The van der Waals surface area contributed by atoms with Gasteiger partial charge in [0.2, 0.25) is 11.5 Å². The monoisotopic (exact) mass is 266 g/mol. The van der Waals surface area contributed by atoms with E-state index in [0.29, 0.717) is 0 Å². The number of methoxy groups -OCH3 is 1. The van der Waals surface area contributed by atoms with Crippen LogP contribution in [0.4, 0.5) is 0 Å². The molecule has 0 saturated heterocycles. The lowest BCUT2D eigenvalue weighted by Crippen LogP contribution is -2.24. The maximum atomic E-state index is 11.7. The summed E-state index contributed by atoms with van der Waals surface area (Å²) in [5.74, 6) is -6.14. The van der Waals surface area contributed by atoms with Crippen molar-refractivity contribution in [1.29, 1.82) is 0 Å². The number of phenols is 2. The van der Waals surface area contributed by atoms with Gasteiger partial charge in [0.05, 0.1) is 18.2 Å². The number of aliphatic hydroxyl groups is 2. The van der Waals surface area contributed by atoms with Gasteiger partial charge in [-0.05, 0) is 6.92 Å². The van der Waals surface area contributed by atoms with Crippen molar-refractivity contribution in [3.63, 3.8) is 0 Å². The second-order valence-corrected chi connectivity index (χ2v) is 3.96. The predicted octanol–water partition coefficient (Wildman–Crippen LogP) is 0.965. The number of fused-ring (bicyclic) bond motifs is 1. The number of carbonyl (C=O) groups is 2. The van der Waals surface area contributed by atoms with E-state index < -0.39 is 45.7 Å². The fraction of sp³-hybridized carbons (Fsp3) is 0.167. The van der Waals surface area contributed by atoms with Gasteiger partial charge < -0.3 is 25.2 Å². The summed E-state index contributed by atoms with van der Waals surface area (Å²) >= 11 is 0. The summed E-state index contributed by atoms with van der Waals surface area (Å²) in [6.45, 7) is 1.36. The van der Waals surface area contributed by atoms with Gasteiger partial charge in [-0.2, -0.15) is 0 Å². The molecule has 4 N–H and O–H groups in total. The molecule has 0 aliphatic heterocycles. The van der Waals surface area contributed by atoms with E-state index in [2.05, 4.69) is 0 Å². The molecule has 0 bridgehead atoms. The molecule has 0 saturated carbocycles. The molecule has 1 aliphatic rings. The van der Waals surface area contributed by atoms with Crippen LogP contribution in [-0.2, 0) is 4.79 Å². The third-order valence-corrected chi connectivity index (χ3v) is 2.95. The molecule has 100 valence electrons. The number of carbonyl (C=O) groups excluding carboxylic acids is 2. The maximum absolute atomic E-state index is 11.7. The molecule has 0 atom stereocenters. The molecular weight excluding hydrogens is 256 g/mol. The highest BCUT2D eigenvalue weighted by Gasteiger charge is 2.39. The summed E-state index contributed by atoms with van der Waals surface area (Å²) in [6.07, 6.45) is 0. The van der Waals surface area contributed by atoms with Gasteiger partial charge in [-0.1, -0.05) is 0 Å². The van der Waals surface area contributed by atoms with Crippen LogP contribution in [0.2, 0.25) is 0 Å². The van der Waals surface area contributed by atoms with E-state index in [1.165, 1.54) is 14.0 Å². The predicted molar refractivity (Wildman–Crippen MR) is 62.6 cm³/mol. The Kier molecular flexibility index (Phi) is 2.62. The van der Waals surface area contributed by atoms with E-state index in [1.54, 1.807) is 0 Å². The first-order valence-corrected chi connectivity index (χ1v) is 5.17. The summed E-state index contributed by atoms with van der Waals surface area (Å²) < 4.78 is 4.85. The molecule has 19 heavy (non-hydrogen) atoms. The van der Waals surface area contributed by atoms with Crippen molar-refractivity contribution in [3.8, 4) is 17.2 Å². The van der Waals surface area contributed by atoms with Crippen molar-refractivity contribution in [2.45, 2.75) is 6.92 Å². The van der Waals surface area contributed by atoms with Crippen molar-refractivity contribution < 1.29 is 34.8 Å². The average Bonchev–Trinajstić information content (AvgIpc) is 2.38. The summed E-state index contributed by atoms with van der Waals surface area (Å²) in [5, 5.41) is 38.8. The molecule has 1 aromatic carbocycles. The molecule has 0 amide bonds. The number of hydrogen-bond acceptors (Lipinski definition) is 7. The highest BCUT2D eigenvalue weighted by atomic mass is 16.5. The number of phenolic OH excluding ortho intramolecular Hbond substituents is 2. The Balaban J connectivity index is 2.99. The van der Waals surface area contributed by atoms with Crippen LogP contribution in [0.1, 0.15) is 21.5 Å². The molecule has 0 unspecified atom stereocenters. The first kappa shape index (κ1) is 12.7. The smallest absolute Gasteiger partial charge is 0.271 e.